The molecule has 5 nitrogen and oxygen atoms in total. The summed E-state index contributed by atoms with van der Waals surface area (Å²) in [6.07, 6.45) is -1.10. The molecule has 66 valence electrons. The maximum atomic E-state index is 9.40. The molecule has 0 aromatic heterocycles. The van der Waals surface area contributed by atoms with Crippen molar-refractivity contribution >= 4 is 0 Å². The lowest BCUT2D eigenvalue weighted by Gasteiger charge is -2.24. The monoisotopic (exact) mass is 163 g/mol. The van der Waals surface area contributed by atoms with Crippen molar-refractivity contribution in [2.45, 2.75) is 17.7 Å². The van der Waals surface area contributed by atoms with Gasteiger partial charge in [0.2, 0.25) is 0 Å². The van der Waals surface area contributed by atoms with Gasteiger partial charge >= 0.3 is 0 Å². The average molecular weight is 163 g/mol. The largest absolute Gasteiger partial charge is 0.395 e. The predicted molar refractivity (Wildman–Crippen MR) is 36.9 cm³/mol. The molecule has 0 amide bonds. The molecule has 0 aromatic carbocycles. The summed E-state index contributed by atoms with van der Waals surface area (Å²) < 4.78 is 0. The molecule has 1 aliphatic heterocycles. The van der Waals surface area contributed by atoms with E-state index in [1.807, 2.05) is 0 Å². The minimum absolute atomic E-state index is 0.107. The molecule has 0 unspecified atom stereocenters. The van der Waals surface area contributed by atoms with Gasteiger partial charge in [0.1, 0.15) is 11.7 Å². The van der Waals surface area contributed by atoms with Crippen LogP contribution in [0.1, 0.15) is 0 Å². The van der Waals surface area contributed by atoms with E-state index in [9.17, 15) is 10.2 Å². The van der Waals surface area contributed by atoms with Crippen molar-refractivity contribution in [2.24, 2.45) is 0 Å². The predicted octanol–water partition coefficient (Wildman–Crippen LogP) is -2.97. The third kappa shape index (κ3) is 1.38. The fourth-order valence-electron chi connectivity index (χ4n) is 1.21. The highest BCUT2D eigenvalue weighted by atomic mass is 16.4. The van der Waals surface area contributed by atoms with E-state index in [4.69, 9.17) is 10.2 Å². The van der Waals surface area contributed by atoms with Crippen LogP contribution in [0.4, 0.5) is 0 Å². The first-order valence-electron chi connectivity index (χ1n) is 3.49. The van der Waals surface area contributed by atoms with Crippen molar-refractivity contribution in [1.29, 1.82) is 0 Å². The Morgan fingerprint density at radius 1 is 1.45 bits per heavy atom. The summed E-state index contributed by atoms with van der Waals surface area (Å²) in [6, 6.07) is -0.535. The van der Waals surface area contributed by atoms with Gasteiger partial charge in [-0.2, -0.15) is 0 Å². The molecule has 1 saturated heterocycles. The molecule has 0 bridgehead atoms. The number of hydrogen-bond acceptors (Lipinski definition) is 5. The van der Waals surface area contributed by atoms with E-state index in [1.54, 1.807) is 0 Å². The fourth-order valence-corrected chi connectivity index (χ4v) is 1.21. The first-order valence-corrected chi connectivity index (χ1v) is 3.49. The maximum Gasteiger partial charge on any atom is 0.127 e. The summed E-state index contributed by atoms with van der Waals surface area (Å²) in [5.74, 6) is 0. The van der Waals surface area contributed by atoms with Crippen molar-refractivity contribution in [3.8, 4) is 0 Å². The zero-order valence-electron chi connectivity index (χ0n) is 6.06. The van der Waals surface area contributed by atoms with Crippen LogP contribution in [0.2, 0.25) is 0 Å². The summed E-state index contributed by atoms with van der Waals surface area (Å²) in [6.45, 7) is -0.642. The molecule has 11 heavy (non-hydrogen) atoms. The molecule has 0 aliphatic carbocycles. The van der Waals surface area contributed by atoms with Crippen molar-refractivity contribution in [3.05, 3.63) is 0 Å². The van der Waals surface area contributed by atoms with Crippen LogP contribution in [-0.4, -0.2) is 57.9 Å². The molecule has 1 aliphatic rings. The van der Waals surface area contributed by atoms with Gasteiger partial charge in [-0.25, -0.2) is 0 Å². The number of rotatable bonds is 2. The summed E-state index contributed by atoms with van der Waals surface area (Å²) in [5.41, 5.74) is -1.49. The van der Waals surface area contributed by atoms with Gasteiger partial charge in [-0.3, -0.25) is 0 Å². The molecule has 1 fully saturated rings. The van der Waals surface area contributed by atoms with Crippen molar-refractivity contribution in [2.75, 3.05) is 19.8 Å². The molecule has 0 radical (unpaired) electrons. The third-order valence-corrected chi connectivity index (χ3v) is 2.07. The highest BCUT2D eigenvalue weighted by Gasteiger charge is 2.45. The standard InChI is InChI=1S/C6H13NO4/c8-1-4-5(10)6(11,3-9)2-7-4/h4-5,7-11H,1-3H2/t4-,5-,6+/m0/s1. The molecule has 0 aromatic rings. The normalized spacial score (nSPS) is 44.7. The van der Waals surface area contributed by atoms with Crippen LogP contribution in [0.15, 0.2) is 0 Å². The molecule has 5 N–H and O–H groups in total. The minimum atomic E-state index is -1.49. The van der Waals surface area contributed by atoms with Crippen LogP contribution in [0, 0.1) is 0 Å². The van der Waals surface area contributed by atoms with Gasteiger partial charge in [0, 0.05) is 6.54 Å². The topological polar surface area (TPSA) is 93.0 Å². The van der Waals surface area contributed by atoms with Crippen LogP contribution in [-0.2, 0) is 0 Å². The third-order valence-electron chi connectivity index (χ3n) is 2.07. The lowest BCUT2D eigenvalue weighted by atomic mass is 9.98. The van der Waals surface area contributed by atoms with Crippen molar-refractivity contribution in [3.63, 3.8) is 0 Å². The second-order valence-electron chi connectivity index (χ2n) is 2.88. The van der Waals surface area contributed by atoms with Gasteiger partial charge < -0.3 is 25.7 Å². The Hall–Kier alpha value is -0.200. The highest BCUT2D eigenvalue weighted by Crippen LogP contribution is 2.18. The molecule has 5 heteroatoms. The van der Waals surface area contributed by atoms with Crippen LogP contribution in [0.5, 0.6) is 0 Å². The number of nitrogens with one attached hydrogen (secondary N) is 1. The van der Waals surface area contributed by atoms with Gasteiger partial charge in [-0.15, -0.1) is 0 Å². The van der Waals surface area contributed by atoms with Gasteiger partial charge in [-0.05, 0) is 0 Å². The Balaban J connectivity index is 2.61. The Labute approximate surface area is 64.3 Å². The summed E-state index contributed by atoms with van der Waals surface area (Å²) in [4.78, 5) is 0. The second-order valence-corrected chi connectivity index (χ2v) is 2.88. The summed E-state index contributed by atoms with van der Waals surface area (Å²) >= 11 is 0. The van der Waals surface area contributed by atoms with Crippen molar-refractivity contribution < 1.29 is 20.4 Å². The number of β-amino-alcohol motifs (C(OH)–C–C–N with tert-alkyl or cyclic N) is 1. The van der Waals surface area contributed by atoms with Crippen LogP contribution < -0.4 is 5.32 Å². The van der Waals surface area contributed by atoms with Gasteiger partial charge in [0.25, 0.3) is 0 Å². The van der Waals surface area contributed by atoms with Crippen LogP contribution >= 0.6 is 0 Å². The Bertz CT molecular complexity index is 143. The van der Waals surface area contributed by atoms with E-state index in [0.717, 1.165) is 0 Å². The van der Waals surface area contributed by atoms with Gasteiger partial charge in [-0.1, -0.05) is 0 Å². The van der Waals surface area contributed by atoms with E-state index in [2.05, 4.69) is 5.32 Å². The molecule has 1 heterocycles. The van der Waals surface area contributed by atoms with Gasteiger partial charge in [0.05, 0.1) is 19.3 Å². The lowest BCUT2D eigenvalue weighted by Crippen LogP contribution is -2.47. The molecular weight excluding hydrogens is 150 g/mol. The van der Waals surface area contributed by atoms with Crippen LogP contribution in [0.3, 0.4) is 0 Å². The smallest absolute Gasteiger partial charge is 0.127 e. The molecule has 1 rings (SSSR count). The summed E-state index contributed by atoms with van der Waals surface area (Å²) in [7, 11) is 0. The van der Waals surface area contributed by atoms with E-state index in [-0.39, 0.29) is 13.2 Å². The first kappa shape index (κ1) is 8.89. The van der Waals surface area contributed by atoms with Gasteiger partial charge in [0.15, 0.2) is 0 Å². The fraction of sp³-hybridized carbons (Fsp3) is 1.00. The van der Waals surface area contributed by atoms with Crippen LogP contribution in [0.25, 0.3) is 0 Å². The SMILES string of the molecule is OC[C@@H]1NC[C@@](O)(CO)[C@H]1O. The molecule has 0 spiro atoms. The zero-order valence-corrected chi connectivity index (χ0v) is 6.06. The Morgan fingerprint density at radius 3 is 2.36 bits per heavy atom. The number of aliphatic hydroxyl groups is 4. The highest BCUT2D eigenvalue weighted by molar-refractivity contribution is 5.01. The Kier molecular flexibility index (Phi) is 2.46. The number of aliphatic hydroxyl groups excluding tert-OH is 3. The quantitative estimate of drug-likeness (QED) is 0.300. The molecule has 0 saturated carbocycles. The molecule has 3 atom stereocenters. The average Bonchev–Trinajstić information content (AvgIpc) is 2.31. The minimum Gasteiger partial charge on any atom is -0.395 e. The Morgan fingerprint density at radius 2 is 2.09 bits per heavy atom. The van der Waals surface area contributed by atoms with E-state index >= 15 is 0 Å². The van der Waals surface area contributed by atoms with E-state index < -0.39 is 24.4 Å². The van der Waals surface area contributed by atoms with E-state index in [1.165, 1.54) is 0 Å². The molecular formula is C6H13NO4. The lowest BCUT2D eigenvalue weighted by molar-refractivity contribution is -0.0842. The zero-order chi connectivity index (χ0) is 8.48. The van der Waals surface area contributed by atoms with Crippen molar-refractivity contribution in [1.82, 2.24) is 5.32 Å². The maximum absolute atomic E-state index is 9.40. The van der Waals surface area contributed by atoms with E-state index in [0.29, 0.717) is 0 Å². The summed E-state index contributed by atoms with van der Waals surface area (Å²) in [5, 5.41) is 38.7. The number of hydrogen-bond donors (Lipinski definition) is 5. The second kappa shape index (κ2) is 3.04. The first-order chi connectivity index (χ1) is 5.14.